The summed E-state index contributed by atoms with van der Waals surface area (Å²) in [6.07, 6.45) is 0. The van der Waals surface area contributed by atoms with Crippen LogP contribution in [0.3, 0.4) is 0 Å². The van der Waals surface area contributed by atoms with E-state index in [1.807, 2.05) is 31.2 Å². The number of carbonyl (C=O) groups excluding carboxylic acids is 1. The van der Waals surface area contributed by atoms with E-state index in [2.05, 4.69) is 10.6 Å². The second kappa shape index (κ2) is 6.64. The molecule has 2 aromatic rings. The first kappa shape index (κ1) is 14.7. The summed E-state index contributed by atoms with van der Waals surface area (Å²) < 4.78 is 0. The summed E-state index contributed by atoms with van der Waals surface area (Å²) in [4.78, 5) is 11.9. The Balaban J connectivity index is 2.00. The van der Waals surface area contributed by atoms with E-state index >= 15 is 0 Å². The minimum atomic E-state index is -0.314. The minimum Gasteiger partial charge on any atom is -0.331 e. The van der Waals surface area contributed by atoms with Gasteiger partial charge in [0.25, 0.3) is 0 Å². The maximum atomic E-state index is 11.9. The molecule has 0 saturated carbocycles. The molecule has 1 atom stereocenters. The lowest BCUT2D eigenvalue weighted by Gasteiger charge is -2.15. The fourth-order valence-electron chi connectivity index (χ4n) is 1.78. The molecule has 2 aromatic carbocycles. The van der Waals surface area contributed by atoms with E-state index in [1.165, 1.54) is 0 Å². The van der Waals surface area contributed by atoms with Gasteiger partial charge in [0.15, 0.2) is 0 Å². The second-order valence-electron chi connectivity index (χ2n) is 4.36. The molecule has 0 bridgehead atoms. The van der Waals surface area contributed by atoms with Crippen LogP contribution in [-0.4, -0.2) is 6.03 Å². The zero-order chi connectivity index (χ0) is 14.5. The zero-order valence-corrected chi connectivity index (χ0v) is 12.4. The van der Waals surface area contributed by atoms with Gasteiger partial charge >= 0.3 is 6.03 Å². The molecule has 2 rings (SSSR count). The van der Waals surface area contributed by atoms with Gasteiger partial charge in [0.05, 0.1) is 16.8 Å². The number of carbonyl (C=O) groups is 1. The Morgan fingerprint density at radius 3 is 2.55 bits per heavy atom. The molecule has 0 radical (unpaired) electrons. The summed E-state index contributed by atoms with van der Waals surface area (Å²) in [7, 11) is 0. The van der Waals surface area contributed by atoms with Gasteiger partial charge in [-0.3, -0.25) is 0 Å². The van der Waals surface area contributed by atoms with Crippen molar-refractivity contribution in [3.05, 3.63) is 64.1 Å². The standard InChI is InChI=1S/C15H14Cl2N2O/c1-10(11-5-4-6-12(16)9-11)18-15(20)19-14-8-3-2-7-13(14)17/h2-10H,1H3,(H2,18,19,20). The largest absolute Gasteiger partial charge is 0.331 e. The summed E-state index contributed by atoms with van der Waals surface area (Å²) in [6.45, 7) is 1.89. The van der Waals surface area contributed by atoms with Gasteiger partial charge in [0.2, 0.25) is 0 Å². The fraction of sp³-hybridized carbons (Fsp3) is 0.133. The molecular weight excluding hydrogens is 295 g/mol. The Morgan fingerprint density at radius 1 is 1.10 bits per heavy atom. The number of hydrogen-bond acceptors (Lipinski definition) is 1. The number of benzene rings is 2. The molecule has 0 aliphatic rings. The van der Waals surface area contributed by atoms with E-state index in [9.17, 15) is 4.79 Å². The van der Waals surface area contributed by atoms with E-state index in [0.717, 1.165) is 5.56 Å². The first-order chi connectivity index (χ1) is 9.56. The molecule has 2 amide bonds. The lowest BCUT2D eigenvalue weighted by atomic mass is 10.1. The van der Waals surface area contributed by atoms with Gasteiger partial charge in [-0.05, 0) is 36.8 Å². The first-order valence-corrected chi connectivity index (χ1v) is 6.89. The van der Waals surface area contributed by atoms with E-state index < -0.39 is 0 Å². The molecule has 3 nitrogen and oxygen atoms in total. The topological polar surface area (TPSA) is 41.1 Å². The highest BCUT2D eigenvalue weighted by molar-refractivity contribution is 6.33. The highest BCUT2D eigenvalue weighted by Crippen LogP contribution is 2.21. The third-order valence-corrected chi connectivity index (χ3v) is 3.38. The summed E-state index contributed by atoms with van der Waals surface area (Å²) in [5.74, 6) is 0. The van der Waals surface area contributed by atoms with Crippen LogP contribution in [-0.2, 0) is 0 Å². The lowest BCUT2D eigenvalue weighted by molar-refractivity contribution is 0.249. The number of rotatable bonds is 3. The Kier molecular flexibility index (Phi) is 4.88. The number of halogens is 2. The molecule has 0 saturated heterocycles. The number of nitrogens with one attached hydrogen (secondary N) is 2. The summed E-state index contributed by atoms with van der Waals surface area (Å²) in [6, 6.07) is 14.0. The average molecular weight is 309 g/mol. The van der Waals surface area contributed by atoms with Crippen LogP contribution in [0.2, 0.25) is 10.0 Å². The van der Waals surface area contributed by atoms with Crippen molar-refractivity contribution in [2.45, 2.75) is 13.0 Å². The van der Waals surface area contributed by atoms with E-state index in [0.29, 0.717) is 15.7 Å². The van der Waals surface area contributed by atoms with Gasteiger partial charge in [-0.1, -0.05) is 47.5 Å². The quantitative estimate of drug-likeness (QED) is 0.834. The maximum absolute atomic E-state index is 11.9. The molecule has 0 aliphatic heterocycles. The first-order valence-electron chi connectivity index (χ1n) is 6.14. The average Bonchev–Trinajstić information content (AvgIpc) is 2.41. The van der Waals surface area contributed by atoms with Gasteiger partial charge in [-0.15, -0.1) is 0 Å². The third kappa shape index (κ3) is 3.89. The van der Waals surface area contributed by atoms with Crippen molar-refractivity contribution in [1.29, 1.82) is 0 Å². The monoisotopic (exact) mass is 308 g/mol. The number of amides is 2. The van der Waals surface area contributed by atoms with Crippen molar-refractivity contribution >= 4 is 34.9 Å². The summed E-state index contributed by atoms with van der Waals surface area (Å²) >= 11 is 11.9. The number of urea groups is 1. The zero-order valence-electron chi connectivity index (χ0n) is 10.9. The number of anilines is 1. The van der Waals surface area contributed by atoms with Crippen molar-refractivity contribution in [2.75, 3.05) is 5.32 Å². The highest BCUT2D eigenvalue weighted by atomic mass is 35.5. The Labute approximate surface area is 127 Å². The smallest absolute Gasteiger partial charge is 0.319 e. The van der Waals surface area contributed by atoms with Crippen LogP contribution in [0.1, 0.15) is 18.5 Å². The highest BCUT2D eigenvalue weighted by Gasteiger charge is 2.10. The van der Waals surface area contributed by atoms with E-state index in [1.54, 1.807) is 24.3 Å². The molecule has 1 unspecified atom stereocenters. The molecule has 0 spiro atoms. The van der Waals surface area contributed by atoms with E-state index in [-0.39, 0.29) is 12.1 Å². The second-order valence-corrected chi connectivity index (χ2v) is 5.20. The van der Waals surface area contributed by atoms with Crippen LogP contribution in [0, 0.1) is 0 Å². The van der Waals surface area contributed by atoms with Crippen LogP contribution in [0.5, 0.6) is 0 Å². The fourth-order valence-corrected chi connectivity index (χ4v) is 2.16. The molecule has 2 N–H and O–H groups in total. The molecule has 0 fully saturated rings. The van der Waals surface area contributed by atoms with Crippen LogP contribution >= 0.6 is 23.2 Å². The molecule has 5 heteroatoms. The Morgan fingerprint density at radius 2 is 1.85 bits per heavy atom. The summed E-state index contributed by atoms with van der Waals surface area (Å²) in [5, 5.41) is 6.68. The number of hydrogen-bond donors (Lipinski definition) is 2. The Bertz CT molecular complexity index is 616. The van der Waals surface area contributed by atoms with Crippen molar-refractivity contribution in [1.82, 2.24) is 5.32 Å². The molecule has 20 heavy (non-hydrogen) atoms. The minimum absolute atomic E-state index is 0.156. The molecular formula is C15H14Cl2N2O. The van der Waals surface area contributed by atoms with Crippen molar-refractivity contribution in [2.24, 2.45) is 0 Å². The lowest BCUT2D eigenvalue weighted by Crippen LogP contribution is -2.31. The third-order valence-electron chi connectivity index (χ3n) is 2.82. The number of para-hydroxylation sites is 1. The summed E-state index contributed by atoms with van der Waals surface area (Å²) in [5.41, 5.74) is 1.51. The van der Waals surface area contributed by atoms with Crippen LogP contribution in [0.25, 0.3) is 0 Å². The van der Waals surface area contributed by atoms with Gasteiger partial charge in [0, 0.05) is 5.02 Å². The molecule has 0 aromatic heterocycles. The predicted molar refractivity (Wildman–Crippen MR) is 83.5 cm³/mol. The SMILES string of the molecule is CC(NC(=O)Nc1ccccc1Cl)c1cccc(Cl)c1. The van der Waals surface area contributed by atoms with Crippen LogP contribution in [0.4, 0.5) is 10.5 Å². The van der Waals surface area contributed by atoms with E-state index in [4.69, 9.17) is 23.2 Å². The van der Waals surface area contributed by atoms with Crippen molar-refractivity contribution < 1.29 is 4.79 Å². The van der Waals surface area contributed by atoms with Crippen LogP contribution in [0.15, 0.2) is 48.5 Å². The molecule has 0 heterocycles. The Hall–Kier alpha value is -1.71. The normalized spacial score (nSPS) is 11.8. The molecule has 104 valence electrons. The van der Waals surface area contributed by atoms with Crippen molar-refractivity contribution in [3.8, 4) is 0 Å². The van der Waals surface area contributed by atoms with Crippen molar-refractivity contribution in [3.63, 3.8) is 0 Å². The van der Waals surface area contributed by atoms with Gasteiger partial charge in [-0.2, -0.15) is 0 Å². The van der Waals surface area contributed by atoms with Crippen LogP contribution < -0.4 is 10.6 Å². The van der Waals surface area contributed by atoms with Gasteiger partial charge in [0.1, 0.15) is 0 Å². The van der Waals surface area contributed by atoms with Gasteiger partial charge < -0.3 is 10.6 Å². The molecule has 0 aliphatic carbocycles. The van der Waals surface area contributed by atoms with Gasteiger partial charge in [-0.25, -0.2) is 4.79 Å². The maximum Gasteiger partial charge on any atom is 0.319 e. The predicted octanol–water partition coefficient (Wildman–Crippen LogP) is 4.88.